The minimum absolute atomic E-state index is 0.177. The number of hydrogen-bond acceptors (Lipinski definition) is 3. The first kappa shape index (κ1) is 15.8. The van der Waals surface area contributed by atoms with E-state index < -0.39 is 0 Å². The van der Waals surface area contributed by atoms with Crippen LogP contribution in [0, 0.1) is 6.92 Å². The van der Waals surface area contributed by atoms with E-state index in [1.54, 1.807) is 0 Å². The second-order valence-corrected chi connectivity index (χ2v) is 5.71. The largest absolute Gasteiger partial charge is 0.445 e. The minimum atomic E-state index is -0.177. The van der Waals surface area contributed by atoms with E-state index in [-0.39, 0.29) is 6.09 Å². The van der Waals surface area contributed by atoms with Crippen molar-refractivity contribution in [2.24, 2.45) is 0 Å². The van der Waals surface area contributed by atoms with Crippen molar-refractivity contribution in [1.82, 2.24) is 10.2 Å². The molecule has 116 valence electrons. The Morgan fingerprint density at radius 3 is 2.57 bits per heavy atom. The van der Waals surface area contributed by atoms with E-state index in [1.165, 1.54) is 5.56 Å². The van der Waals surface area contributed by atoms with Crippen LogP contribution in [0.4, 0.5) is 4.79 Å². The maximum Gasteiger partial charge on any atom is 0.410 e. The van der Waals surface area contributed by atoms with Gasteiger partial charge in [-0.05, 0) is 44.8 Å². The number of benzene rings is 1. The number of ether oxygens (including phenoxy) is 1. The molecule has 21 heavy (non-hydrogen) atoms. The van der Waals surface area contributed by atoms with Crippen LogP contribution in [0.2, 0.25) is 0 Å². The van der Waals surface area contributed by atoms with Crippen molar-refractivity contribution >= 4 is 6.09 Å². The Balaban J connectivity index is 1.89. The Bertz CT molecular complexity index is 439. The zero-order valence-electron chi connectivity index (χ0n) is 13.1. The monoisotopic (exact) mass is 290 g/mol. The molecule has 0 aliphatic carbocycles. The normalized spacial score (nSPS) is 15.7. The van der Waals surface area contributed by atoms with Gasteiger partial charge >= 0.3 is 6.09 Å². The highest BCUT2D eigenvalue weighted by Gasteiger charge is 2.25. The van der Waals surface area contributed by atoms with Gasteiger partial charge in [0.25, 0.3) is 0 Å². The lowest BCUT2D eigenvalue weighted by atomic mass is 10.1. The molecule has 4 nitrogen and oxygen atoms in total. The summed E-state index contributed by atoms with van der Waals surface area (Å²) in [6.07, 6.45) is 2.81. The minimum Gasteiger partial charge on any atom is -0.445 e. The fraction of sp³-hybridized carbons (Fsp3) is 0.588. The molecule has 1 N–H and O–H groups in total. The number of carbonyl (C=O) groups excluding carboxylic acids is 1. The molecular weight excluding hydrogens is 264 g/mol. The van der Waals surface area contributed by atoms with Crippen LogP contribution in [-0.2, 0) is 11.3 Å². The van der Waals surface area contributed by atoms with Gasteiger partial charge in [-0.1, -0.05) is 36.8 Å². The number of hydrogen-bond donors (Lipinski definition) is 1. The summed E-state index contributed by atoms with van der Waals surface area (Å²) in [7, 11) is 0. The molecule has 2 rings (SSSR count). The van der Waals surface area contributed by atoms with Crippen LogP contribution in [0.25, 0.3) is 0 Å². The first-order chi connectivity index (χ1) is 10.2. The first-order valence-corrected chi connectivity index (χ1v) is 7.90. The fourth-order valence-electron chi connectivity index (χ4n) is 2.69. The smallest absolute Gasteiger partial charge is 0.410 e. The quantitative estimate of drug-likeness (QED) is 0.906. The molecule has 0 bridgehead atoms. The van der Waals surface area contributed by atoms with Crippen LogP contribution in [0.3, 0.4) is 0 Å². The molecular formula is C17H26N2O2. The summed E-state index contributed by atoms with van der Waals surface area (Å²) >= 11 is 0. The Morgan fingerprint density at radius 2 is 1.95 bits per heavy atom. The van der Waals surface area contributed by atoms with Crippen molar-refractivity contribution in [2.45, 2.75) is 45.8 Å². The third-order valence-electron chi connectivity index (χ3n) is 3.93. The number of carbonyl (C=O) groups is 1. The van der Waals surface area contributed by atoms with Gasteiger partial charge in [0, 0.05) is 12.6 Å². The molecule has 1 saturated heterocycles. The molecule has 1 aromatic carbocycles. The van der Waals surface area contributed by atoms with Crippen molar-refractivity contribution in [1.29, 1.82) is 0 Å². The van der Waals surface area contributed by atoms with Gasteiger partial charge in [0.15, 0.2) is 0 Å². The molecule has 1 aromatic rings. The van der Waals surface area contributed by atoms with Gasteiger partial charge in [-0.3, -0.25) is 0 Å². The maximum atomic E-state index is 12.4. The third kappa shape index (κ3) is 4.74. The number of nitrogens with zero attached hydrogens (tertiary/aromatic N) is 1. The van der Waals surface area contributed by atoms with Gasteiger partial charge < -0.3 is 15.0 Å². The van der Waals surface area contributed by atoms with Gasteiger partial charge in [-0.25, -0.2) is 4.79 Å². The van der Waals surface area contributed by atoms with Crippen LogP contribution >= 0.6 is 0 Å². The molecule has 0 saturated carbocycles. The predicted molar refractivity (Wildman–Crippen MR) is 84.3 cm³/mol. The molecule has 0 spiro atoms. The second kappa shape index (κ2) is 8.03. The zero-order valence-corrected chi connectivity index (χ0v) is 13.1. The molecule has 1 aliphatic rings. The molecule has 0 radical (unpaired) electrons. The van der Waals surface area contributed by atoms with E-state index in [9.17, 15) is 4.79 Å². The van der Waals surface area contributed by atoms with Crippen molar-refractivity contribution in [3.05, 3.63) is 35.4 Å². The molecule has 1 amide bonds. The lowest BCUT2D eigenvalue weighted by Crippen LogP contribution is -2.46. The topological polar surface area (TPSA) is 41.6 Å². The average molecular weight is 290 g/mol. The third-order valence-corrected chi connectivity index (χ3v) is 3.93. The van der Waals surface area contributed by atoms with E-state index in [4.69, 9.17) is 4.74 Å². The van der Waals surface area contributed by atoms with E-state index in [2.05, 4.69) is 19.2 Å². The second-order valence-electron chi connectivity index (χ2n) is 5.71. The summed E-state index contributed by atoms with van der Waals surface area (Å²) in [6.45, 7) is 7.24. The van der Waals surface area contributed by atoms with Crippen LogP contribution in [-0.4, -0.2) is 36.7 Å². The average Bonchev–Trinajstić information content (AvgIpc) is 2.52. The van der Waals surface area contributed by atoms with Crippen molar-refractivity contribution in [2.75, 3.05) is 19.6 Å². The van der Waals surface area contributed by atoms with E-state index in [0.29, 0.717) is 12.6 Å². The highest BCUT2D eigenvalue weighted by atomic mass is 16.6. The predicted octanol–water partition coefficient (Wildman–Crippen LogP) is 3.10. The standard InChI is InChI=1S/C17H26N2O2/c1-3-12-19(16-8-10-18-11-9-16)17(20)21-13-15-6-4-14(2)5-7-15/h4-7,16,18H,3,8-13H2,1-2H3. The first-order valence-electron chi connectivity index (χ1n) is 7.90. The van der Waals surface area contributed by atoms with E-state index in [0.717, 1.165) is 44.5 Å². The van der Waals surface area contributed by atoms with Gasteiger partial charge in [0.05, 0.1) is 0 Å². The molecule has 4 heteroatoms. The Labute approximate surface area is 127 Å². The lowest BCUT2D eigenvalue weighted by molar-refractivity contribution is 0.0734. The fourth-order valence-corrected chi connectivity index (χ4v) is 2.69. The summed E-state index contributed by atoms with van der Waals surface area (Å²) in [5, 5.41) is 3.33. The van der Waals surface area contributed by atoms with Crippen molar-refractivity contribution < 1.29 is 9.53 Å². The summed E-state index contributed by atoms with van der Waals surface area (Å²) in [5.41, 5.74) is 2.25. The van der Waals surface area contributed by atoms with Crippen LogP contribution < -0.4 is 5.32 Å². The Hall–Kier alpha value is -1.55. The zero-order chi connectivity index (χ0) is 15.1. The molecule has 1 heterocycles. The molecule has 0 atom stereocenters. The van der Waals surface area contributed by atoms with Gasteiger partial charge in [0.2, 0.25) is 0 Å². The van der Waals surface area contributed by atoms with Gasteiger partial charge in [0.1, 0.15) is 6.61 Å². The molecule has 1 aliphatic heterocycles. The Morgan fingerprint density at radius 1 is 1.29 bits per heavy atom. The number of nitrogens with one attached hydrogen (secondary N) is 1. The highest BCUT2D eigenvalue weighted by molar-refractivity contribution is 5.68. The van der Waals surface area contributed by atoms with Crippen LogP contribution in [0.1, 0.15) is 37.3 Å². The van der Waals surface area contributed by atoms with Crippen molar-refractivity contribution in [3.63, 3.8) is 0 Å². The van der Waals surface area contributed by atoms with Crippen molar-refractivity contribution in [3.8, 4) is 0 Å². The SMILES string of the molecule is CCCN(C(=O)OCc1ccc(C)cc1)C1CCNCC1. The summed E-state index contributed by atoms with van der Waals surface area (Å²) < 4.78 is 5.50. The van der Waals surface area contributed by atoms with Crippen LogP contribution in [0.5, 0.6) is 0 Å². The summed E-state index contributed by atoms with van der Waals surface area (Å²) in [6, 6.07) is 8.42. The summed E-state index contributed by atoms with van der Waals surface area (Å²) in [4.78, 5) is 14.3. The number of rotatable bonds is 5. The highest BCUT2D eigenvalue weighted by Crippen LogP contribution is 2.15. The van der Waals surface area contributed by atoms with Gasteiger partial charge in [-0.15, -0.1) is 0 Å². The van der Waals surface area contributed by atoms with Gasteiger partial charge in [-0.2, -0.15) is 0 Å². The maximum absolute atomic E-state index is 12.4. The molecule has 1 fully saturated rings. The number of aryl methyl sites for hydroxylation is 1. The molecule has 0 unspecified atom stereocenters. The number of amides is 1. The Kier molecular flexibility index (Phi) is 6.05. The molecule has 0 aromatic heterocycles. The van der Waals surface area contributed by atoms with Crippen LogP contribution in [0.15, 0.2) is 24.3 Å². The number of piperidine rings is 1. The van der Waals surface area contributed by atoms with E-state index >= 15 is 0 Å². The van der Waals surface area contributed by atoms with E-state index in [1.807, 2.05) is 29.2 Å². The summed E-state index contributed by atoms with van der Waals surface area (Å²) in [5.74, 6) is 0. The lowest BCUT2D eigenvalue weighted by Gasteiger charge is -2.33.